The molecular formula is C26H21ClF2N4O4. The second-order valence-corrected chi connectivity index (χ2v) is 8.82. The number of pyridine rings is 1. The first-order chi connectivity index (χ1) is 17.7. The molecule has 37 heavy (non-hydrogen) atoms. The molecular weight excluding hydrogens is 506 g/mol. The van der Waals surface area contributed by atoms with Crippen LogP contribution in [-0.4, -0.2) is 33.5 Å². The number of carbonyl (C=O) groups is 1. The first-order valence-electron chi connectivity index (χ1n) is 11.2. The smallest absolute Gasteiger partial charge is 0.395 e. The fourth-order valence-corrected chi connectivity index (χ4v) is 4.11. The Labute approximate surface area is 215 Å². The third kappa shape index (κ3) is 5.35. The molecule has 0 fully saturated rings. The van der Waals surface area contributed by atoms with Gasteiger partial charge in [0.2, 0.25) is 0 Å². The molecule has 2 aromatic heterocycles. The normalized spacial score (nSPS) is 14.3. The largest absolute Gasteiger partial charge is 0.586 e. The molecule has 3 N–H and O–H groups in total. The number of carbonyl (C=O) groups excluding carboxylic acids is 1. The summed E-state index contributed by atoms with van der Waals surface area (Å²) in [4.78, 5) is 17.2. The van der Waals surface area contributed by atoms with Crippen molar-refractivity contribution in [3.05, 3.63) is 94.9 Å². The van der Waals surface area contributed by atoms with Crippen LogP contribution in [0.25, 0.3) is 5.69 Å². The van der Waals surface area contributed by atoms with Crippen LogP contribution in [-0.2, 0) is 0 Å². The lowest BCUT2D eigenvalue weighted by molar-refractivity contribution is -0.286. The molecule has 1 atom stereocenters. The second kappa shape index (κ2) is 9.72. The van der Waals surface area contributed by atoms with Gasteiger partial charge in [0.15, 0.2) is 11.5 Å². The Hall–Kier alpha value is -4.15. The molecule has 0 radical (unpaired) electrons. The number of amides is 1. The first-order valence-corrected chi connectivity index (χ1v) is 11.6. The lowest BCUT2D eigenvalue weighted by Gasteiger charge is -2.16. The summed E-state index contributed by atoms with van der Waals surface area (Å²) >= 11 is 6.04. The van der Waals surface area contributed by atoms with E-state index in [1.54, 1.807) is 65.6 Å². The van der Waals surface area contributed by atoms with Crippen LogP contribution in [0.3, 0.4) is 0 Å². The van der Waals surface area contributed by atoms with E-state index in [0.29, 0.717) is 27.7 Å². The van der Waals surface area contributed by atoms with E-state index >= 15 is 0 Å². The summed E-state index contributed by atoms with van der Waals surface area (Å²) < 4.78 is 37.3. The molecule has 3 heterocycles. The van der Waals surface area contributed by atoms with Crippen LogP contribution in [0.5, 0.6) is 11.5 Å². The number of fused-ring (bicyclic) bond motifs is 1. The first kappa shape index (κ1) is 24.5. The summed E-state index contributed by atoms with van der Waals surface area (Å²) in [5.74, 6) is -0.0420. The van der Waals surface area contributed by atoms with E-state index in [1.165, 1.54) is 12.1 Å². The molecule has 11 heteroatoms. The molecule has 0 aliphatic carbocycles. The van der Waals surface area contributed by atoms with Crippen molar-refractivity contribution >= 4 is 29.0 Å². The molecule has 1 aliphatic heterocycles. The number of ether oxygens (including phenoxy) is 2. The van der Waals surface area contributed by atoms with Crippen molar-refractivity contribution in [2.75, 3.05) is 11.9 Å². The van der Waals surface area contributed by atoms with Gasteiger partial charge in [-0.2, -0.15) is 0 Å². The van der Waals surface area contributed by atoms with Gasteiger partial charge >= 0.3 is 6.29 Å². The molecule has 1 aliphatic rings. The third-order valence-corrected chi connectivity index (χ3v) is 5.96. The van der Waals surface area contributed by atoms with Gasteiger partial charge in [-0.25, -0.2) is 4.98 Å². The molecule has 190 valence electrons. The summed E-state index contributed by atoms with van der Waals surface area (Å²) in [5, 5.41) is 16.2. The van der Waals surface area contributed by atoms with Crippen molar-refractivity contribution < 1.29 is 28.2 Å². The Balaban J connectivity index is 1.33. The molecule has 1 unspecified atom stereocenters. The quantitative estimate of drug-likeness (QED) is 0.300. The van der Waals surface area contributed by atoms with Gasteiger partial charge in [-0.15, -0.1) is 8.78 Å². The SMILES string of the molecule is Cc1cnc(Nc2ccc3c(c2)OC(F)(F)O3)cc1-n1ccc(C(=O)NC(CO)c2cccc(Cl)c2)c1. The number of benzene rings is 2. The maximum atomic E-state index is 13.3. The Morgan fingerprint density at radius 3 is 2.76 bits per heavy atom. The highest BCUT2D eigenvalue weighted by atomic mass is 35.5. The lowest BCUT2D eigenvalue weighted by Crippen LogP contribution is -2.30. The highest BCUT2D eigenvalue weighted by Crippen LogP contribution is 2.42. The van der Waals surface area contributed by atoms with Crippen molar-refractivity contribution in [3.8, 4) is 17.2 Å². The topological polar surface area (TPSA) is 97.6 Å². The molecule has 5 rings (SSSR count). The minimum atomic E-state index is -3.69. The maximum absolute atomic E-state index is 13.3. The highest BCUT2D eigenvalue weighted by Gasteiger charge is 2.43. The van der Waals surface area contributed by atoms with E-state index in [9.17, 15) is 18.7 Å². The number of aliphatic hydroxyl groups excluding tert-OH is 1. The van der Waals surface area contributed by atoms with Crippen LogP contribution in [0.4, 0.5) is 20.3 Å². The number of rotatable bonds is 7. The monoisotopic (exact) mass is 526 g/mol. The van der Waals surface area contributed by atoms with E-state index in [-0.39, 0.29) is 24.0 Å². The van der Waals surface area contributed by atoms with Gasteiger partial charge in [-0.05, 0) is 48.4 Å². The fourth-order valence-electron chi connectivity index (χ4n) is 3.91. The van der Waals surface area contributed by atoms with Gasteiger partial charge in [0, 0.05) is 41.4 Å². The Morgan fingerprint density at radius 1 is 1.16 bits per heavy atom. The van der Waals surface area contributed by atoms with E-state index in [0.717, 1.165) is 11.3 Å². The molecule has 1 amide bonds. The number of hydrogen-bond donors (Lipinski definition) is 3. The number of hydrogen-bond acceptors (Lipinski definition) is 6. The van der Waals surface area contributed by atoms with Crippen molar-refractivity contribution in [2.45, 2.75) is 19.3 Å². The number of aliphatic hydroxyl groups is 1. The summed E-state index contributed by atoms with van der Waals surface area (Å²) in [5.41, 5.74) is 3.15. The lowest BCUT2D eigenvalue weighted by atomic mass is 10.1. The number of halogens is 3. The van der Waals surface area contributed by atoms with Gasteiger partial charge in [0.05, 0.1) is 23.9 Å². The third-order valence-electron chi connectivity index (χ3n) is 5.72. The Bertz CT molecular complexity index is 1480. The number of alkyl halides is 2. The van der Waals surface area contributed by atoms with Crippen molar-refractivity contribution in [1.82, 2.24) is 14.9 Å². The number of aryl methyl sites for hydroxylation is 1. The summed E-state index contributed by atoms with van der Waals surface area (Å²) in [6, 6.07) is 14.1. The van der Waals surface area contributed by atoms with Crippen LogP contribution in [0.15, 0.2) is 73.2 Å². The van der Waals surface area contributed by atoms with Crippen molar-refractivity contribution in [1.29, 1.82) is 0 Å². The number of nitrogens with zero attached hydrogens (tertiary/aromatic N) is 2. The van der Waals surface area contributed by atoms with Crippen LogP contribution in [0.1, 0.15) is 27.5 Å². The number of aromatic nitrogens is 2. The van der Waals surface area contributed by atoms with Gasteiger partial charge in [0.1, 0.15) is 5.82 Å². The summed E-state index contributed by atoms with van der Waals surface area (Å²) in [6.07, 6.45) is 1.35. The van der Waals surface area contributed by atoms with Crippen LogP contribution in [0, 0.1) is 6.92 Å². The van der Waals surface area contributed by atoms with Gasteiger partial charge in [-0.1, -0.05) is 23.7 Å². The average Bonchev–Trinajstić information content (AvgIpc) is 3.46. The Morgan fingerprint density at radius 2 is 1.97 bits per heavy atom. The summed E-state index contributed by atoms with van der Waals surface area (Å²) in [7, 11) is 0. The zero-order valence-electron chi connectivity index (χ0n) is 19.4. The number of anilines is 2. The molecule has 8 nitrogen and oxygen atoms in total. The maximum Gasteiger partial charge on any atom is 0.586 e. The fraction of sp³-hybridized carbons (Fsp3) is 0.154. The van der Waals surface area contributed by atoms with E-state index in [4.69, 9.17) is 11.6 Å². The highest BCUT2D eigenvalue weighted by molar-refractivity contribution is 6.30. The minimum absolute atomic E-state index is 0.0509. The Kier molecular flexibility index (Phi) is 6.45. The van der Waals surface area contributed by atoms with Gasteiger partial charge < -0.3 is 29.8 Å². The average molecular weight is 527 g/mol. The van der Waals surface area contributed by atoms with E-state index < -0.39 is 12.3 Å². The molecule has 0 bridgehead atoms. The standard InChI is InChI=1S/C26H21ClF2N4O4/c1-15-12-30-24(31-19-5-6-22-23(10-19)37-26(28,29)36-22)11-21(15)33-8-7-17(13-33)25(35)32-20(14-34)16-3-2-4-18(27)9-16/h2-13,20,34H,14H2,1H3,(H,30,31)(H,32,35). The van der Waals surface area contributed by atoms with Gasteiger partial charge in [-0.3, -0.25) is 4.79 Å². The molecule has 0 saturated heterocycles. The molecule has 0 spiro atoms. The minimum Gasteiger partial charge on any atom is -0.395 e. The number of nitrogens with one attached hydrogen (secondary N) is 2. The zero-order chi connectivity index (χ0) is 26.2. The predicted octanol–water partition coefficient (Wildman–Crippen LogP) is 5.36. The van der Waals surface area contributed by atoms with Crippen molar-refractivity contribution in [3.63, 3.8) is 0 Å². The van der Waals surface area contributed by atoms with Crippen LogP contribution < -0.4 is 20.1 Å². The molecule has 0 saturated carbocycles. The second-order valence-electron chi connectivity index (χ2n) is 8.38. The van der Waals surface area contributed by atoms with Gasteiger partial charge in [0.25, 0.3) is 5.91 Å². The van der Waals surface area contributed by atoms with Crippen molar-refractivity contribution in [2.24, 2.45) is 0 Å². The van der Waals surface area contributed by atoms with Crippen LogP contribution >= 0.6 is 11.6 Å². The molecule has 4 aromatic rings. The van der Waals surface area contributed by atoms with E-state index in [2.05, 4.69) is 25.1 Å². The predicted molar refractivity (Wildman–Crippen MR) is 133 cm³/mol. The van der Waals surface area contributed by atoms with Crippen LogP contribution in [0.2, 0.25) is 5.02 Å². The zero-order valence-corrected chi connectivity index (χ0v) is 20.2. The molecule has 2 aromatic carbocycles. The van der Waals surface area contributed by atoms with E-state index in [1.807, 2.05) is 6.92 Å². The summed E-state index contributed by atoms with van der Waals surface area (Å²) in [6.45, 7) is 1.58.